The molecule has 32 heavy (non-hydrogen) atoms. The lowest BCUT2D eigenvalue weighted by atomic mass is 10.1. The van der Waals surface area contributed by atoms with Crippen LogP contribution in [-0.2, 0) is 0 Å². The molecule has 1 aliphatic heterocycles. The molecule has 7 nitrogen and oxygen atoms in total. The normalized spacial score (nSPS) is 13.8. The highest BCUT2D eigenvalue weighted by Crippen LogP contribution is 2.32. The molecule has 4 aromatic rings. The number of hydrogen-bond donors (Lipinski definition) is 3. The highest BCUT2D eigenvalue weighted by molar-refractivity contribution is 6.33. The van der Waals surface area contributed by atoms with Crippen LogP contribution in [0.4, 0.5) is 22.1 Å². The summed E-state index contributed by atoms with van der Waals surface area (Å²) in [6.45, 7) is 1.61. The molecule has 1 fully saturated rings. The van der Waals surface area contributed by atoms with E-state index in [0.717, 1.165) is 53.8 Å². The maximum Gasteiger partial charge on any atom is 0.321 e. The zero-order valence-electron chi connectivity index (χ0n) is 17.4. The van der Waals surface area contributed by atoms with Crippen LogP contribution >= 0.6 is 11.6 Å². The van der Waals surface area contributed by atoms with Gasteiger partial charge in [0.2, 0.25) is 5.95 Å². The van der Waals surface area contributed by atoms with E-state index in [1.54, 1.807) is 6.20 Å². The number of likely N-dealkylation sites (tertiary alicyclic amines) is 1. The number of halogens is 1. The summed E-state index contributed by atoms with van der Waals surface area (Å²) in [5, 5.41) is 7.72. The molecule has 0 unspecified atom stereocenters. The van der Waals surface area contributed by atoms with Gasteiger partial charge in [0.15, 0.2) is 0 Å². The van der Waals surface area contributed by atoms with Crippen molar-refractivity contribution in [3.63, 3.8) is 0 Å². The molecule has 0 aliphatic carbocycles. The van der Waals surface area contributed by atoms with E-state index in [1.807, 2.05) is 59.6 Å². The van der Waals surface area contributed by atoms with Crippen molar-refractivity contribution >= 4 is 45.9 Å². The quantitative estimate of drug-likeness (QED) is 0.356. The van der Waals surface area contributed by atoms with Gasteiger partial charge in [0.1, 0.15) is 0 Å². The summed E-state index contributed by atoms with van der Waals surface area (Å²) in [4.78, 5) is 26.6. The van der Waals surface area contributed by atoms with Crippen LogP contribution in [0.2, 0.25) is 5.02 Å². The van der Waals surface area contributed by atoms with Gasteiger partial charge in [0.25, 0.3) is 0 Å². The fourth-order valence-corrected chi connectivity index (χ4v) is 4.18. The molecule has 2 aromatic carbocycles. The van der Waals surface area contributed by atoms with Gasteiger partial charge in [0.05, 0.1) is 16.9 Å². The Morgan fingerprint density at radius 3 is 2.72 bits per heavy atom. The van der Waals surface area contributed by atoms with Gasteiger partial charge in [-0.1, -0.05) is 35.9 Å². The molecule has 0 bridgehead atoms. The summed E-state index contributed by atoms with van der Waals surface area (Å²) in [5.41, 5.74) is 4.07. The first-order valence-electron chi connectivity index (χ1n) is 10.7. The molecule has 1 saturated heterocycles. The molecule has 5 rings (SSSR count). The van der Waals surface area contributed by atoms with Crippen LogP contribution in [0.3, 0.4) is 0 Å². The molecule has 0 radical (unpaired) electrons. The Morgan fingerprint density at radius 2 is 1.84 bits per heavy atom. The second-order valence-electron chi connectivity index (χ2n) is 7.82. The monoisotopic (exact) mass is 446 g/mol. The van der Waals surface area contributed by atoms with Crippen LogP contribution in [0.1, 0.15) is 19.3 Å². The van der Waals surface area contributed by atoms with Gasteiger partial charge in [-0.05, 0) is 43.5 Å². The molecule has 3 N–H and O–H groups in total. The summed E-state index contributed by atoms with van der Waals surface area (Å²) in [5.74, 6) is 0.425. The van der Waals surface area contributed by atoms with E-state index in [-0.39, 0.29) is 6.03 Å². The number of nitrogens with zero attached hydrogens (tertiary/aromatic N) is 3. The van der Waals surface area contributed by atoms with Crippen molar-refractivity contribution in [3.05, 3.63) is 65.9 Å². The average molecular weight is 447 g/mol. The number of carbonyl (C=O) groups excluding carboxylic acids is 1. The van der Waals surface area contributed by atoms with Crippen LogP contribution in [0.25, 0.3) is 22.2 Å². The zero-order chi connectivity index (χ0) is 21.9. The molecule has 2 aromatic heterocycles. The van der Waals surface area contributed by atoms with E-state index < -0.39 is 0 Å². The number of amides is 2. The van der Waals surface area contributed by atoms with Gasteiger partial charge in [-0.2, -0.15) is 0 Å². The van der Waals surface area contributed by atoms with Crippen LogP contribution in [0.15, 0.2) is 60.9 Å². The van der Waals surface area contributed by atoms with Crippen molar-refractivity contribution in [2.75, 3.05) is 23.7 Å². The number of hydrogen-bond acceptors (Lipinski definition) is 4. The standard InChI is InChI=1S/C24H23ClN6O/c25-20-15-27-23(30-22(20)19-14-26-21-10-3-2-9-18(19)21)28-16-7-6-8-17(13-16)29-24(32)31-11-4-1-5-12-31/h2-3,6-10,13-15,26H,1,4-5,11-12H2,(H,29,32)(H,27,28,30). The second-order valence-corrected chi connectivity index (χ2v) is 8.23. The number of para-hydroxylation sites is 1. The third-order valence-electron chi connectivity index (χ3n) is 5.60. The molecule has 2 amide bonds. The number of aromatic amines is 1. The summed E-state index contributed by atoms with van der Waals surface area (Å²) in [6, 6.07) is 15.5. The first-order chi connectivity index (χ1) is 15.7. The fourth-order valence-electron chi connectivity index (χ4n) is 3.99. The number of H-pyrrole nitrogens is 1. The van der Waals surface area contributed by atoms with E-state index in [0.29, 0.717) is 16.7 Å². The molecular weight excluding hydrogens is 424 g/mol. The number of urea groups is 1. The maximum atomic E-state index is 12.5. The van der Waals surface area contributed by atoms with Crippen molar-refractivity contribution in [1.82, 2.24) is 19.9 Å². The van der Waals surface area contributed by atoms with E-state index in [1.165, 1.54) is 6.42 Å². The lowest BCUT2D eigenvalue weighted by Crippen LogP contribution is -2.38. The average Bonchev–Trinajstić information content (AvgIpc) is 3.25. The molecule has 8 heteroatoms. The first kappa shape index (κ1) is 20.3. The van der Waals surface area contributed by atoms with Gasteiger partial charge in [-0.3, -0.25) is 0 Å². The molecular formula is C24H23ClN6O. The predicted octanol–water partition coefficient (Wildman–Crippen LogP) is 6.04. The van der Waals surface area contributed by atoms with Crippen molar-refractivity contribution in [3.8, 4) is 11.3 Å². The molecule has 0 saturated carbocycles. The maximum absolute atomic E-state index is 12.5. The summed E-state index contributed by atoms with van der Waals surface area (Å²) < 4.78 is 0. The third kappa shape index (κ3) is 4.24. The molecule has 3 heterocycles. The smallest absolute Gasteiger partial charge is 0.321 e. The van der Waals surface area contributed by atoms with Crippen LogP contribution in [-0.4, -0.2) is 39.0 Å². The first-order valence-corrected chi connectivity index (χ1v) is 11.1. The largest absolute Gasteiger partial charge is 0.360 e. The second kappa shape index (κ2) is 8.88. The lowest BCUT2D eigenvalue weighted by molar-refractivity contribution is 0.200. The molecule has 0 spiro atoms. The number of benzene rings is 2. The van der Waals surface area contributed by atoms with E-state index in [4.69, 9.17) is 11.6 Å². The number of carbonyl (C=O) groups is 1. The minimum atomic E-state index is -0.0637. The molecule has 1 aliphatic rings. The number of anilines is 3. The summed E-state index contributed by atoms with van der Waals surface area (Å²) in [6.07, 6.45) is 6.80. The van der Waals surface area contributed by atoms with E-state index in [2.05, 4.69) is 25.6 Å². The Balaban J connectivity index is 1.36. The highest BCUT2D eigenvalue weighted by atomic mass is 35.5. The summed E-state index contributed by atoms with van der Waals surface area (Å²) >= 11 is 6.43. The van der Waals surface area contributed by atoms with E-state index >= 15 is 0 Å². The van der Waals surface area contributed by atoms with E-state index in [9.17, 15) is 4.79 Å². The highest BCUT2D eigenvalue weighted by Gasteiger charge is 2.17. The number of rotatable bonds is 4. The van der Waals surface area contributed by atoms with Gasteiger partial charge in [0, 0.05) is 47.1 Å². The Labute approximate surface area is 190 Å². The van der Waals surface area contributed by atoms with Crippen LogP contribution in [0, 0.1) is 0 Å². The van der Waals surface area contributed by atoms with Crippen molar-refractivity contribution < 1.29 is 4.79 Å². The number of fused-ring (bicyclic) bond motifs is 1. The van der Waals surface area contributed by atoms with Gasteiger partial charge in [-0.25, -0.2) is 14.8 Å². The van der Waals surface area contributed by atoms with Gasteiger partial charge in [-0.15, -0.1) is 0 Å². The Hall–Kier alpha value is -3.58. The molecule has 0 atom stereocenters. The third-order valence-corrected chi connectivity index (χ3v) is 5.88. The van der Waals surface area contributed by atoms with Crippen LogP contribution in [0.5, 0.6) is 0 Å². The topological polar surface area (TPSA) is 85.9 Å². The SMILES string of the molecule is O=C(Nc1cccc(Nc2ncc(Cl)c(-c3c[nH]c4ccccc34)n2)c1)N1CCCCC1. The predicted molar refractivity (Wildman–Crippen MR) is 129 cm³/mol. The van der Waals surface area contributed by atoms with Crippen LogP contribution < -0.4 is 10.6 Å². The minimum absolute atomic E-state index is 0.0637. The van der Waals surface area contributed by atoms with Crippen molar-refractivity contribution in [2.45, 2.75) is 19.3 Å². The Bertz CT molecular complexity index is 1260. The number of nitrogens with one attached hydrogen (secondary N) is 3. The summed E-state index contributed by atoms with van der Waals surface area (Å²) in [7, 11) is 0. The lowest BCUT2D eigenvalue weighted by Gasteiger charge is -2.26. The zero-order valence-corrected chi connectivity index (χ0v) is 18.2. The number of piperidine rings is 1. The van der Waals surface area contributed by atoms with Crippen molar-refractivity contribution in [2.24, 2.45) is 0 Å². The van der Waals surface area contributed by atoms with Gasteiger partial charge < -0.3 is 20.5 Å². The Morgan fingerprint density at radius 1 is 1.03 bits per heavy atom. The number of aromatic nitrogens is 3. The van der Waals surface area contributed by atoms with Crippen molar-refractivity contribution in [1.29, 1.82) is 0 Å². The van der Waals surface area contributed by atoms with Gasteiger partial charge >= 0.3 is 6.03 Å². The Kier molecular flexibility index (Phi) is 5.64. The fraction of sp³-hybridized carbons (Fsp3) is 0.208. The molecule has 162 valence electrons. The minimum Gasteiger partial charge on any atom is -0.360 e.